The van der Waals surface area contributed by atoms with Crippen molar-refractivity contribution in [1.82, 2.24) is 0 Å². The molecule has 0 radical (unpaired) electrons. The van der Waals surface area contributed by atoms with Crippen LogP contribution in [0, 0.1) is 5.41 Å². The van der Waals surface area contributed by atoms with Crippen LogP contribution in [0.3, 0.4) is 0 Å². The number of nitrogens with one attached hydrogen (secondary N) is 2. The maximum Gasteiger partial charge on any atom is 0.128 e. The molecule has 3 rings (SSSR count). The molecule has 0 bridgehead atoms. The van der Waals surface area contributed by atoms with Crippen molar-refractivity contribution in [3.05, 3.63) is 58.7 Å². The van der Waals surface area contributed by atoms with Crippen LogP contribution in [0.15, 0.2) is 36.4 Å². The molecule has 7 nitrogen and oxygen atoms in total. The van der Waals surface area contributed by atoms with Crippen LogP contribution < -0.4 is 20.9 Å². The number of carboxylic acids is 1. The summed E-state index contributed by atoms with van der Waals surface area (Å²) >= 11 is 0. The van der Waals surface area contributed by atoms with Crippen LogP contribution in [0.1, 0.15) is 54.0 Å². The number of carboxylic acid groups (broad SMARTS) is 1. The highest BCUT2D eigenvalue weighted by Gasteiger charge is 2.28. The van der Waals surface area contributed by atoms with Crippen LogP contribution in [0.4, 0.5) is 5.69 Å². The third kappa shape index (κ3) is 5.43. The lowest BCUT2D eigenvalue weighted by atomic mass is 9.95. The number of aliphatic carboxylic acids is 1. The molecular weight excluding hydrogens is 406 g/mol. The van der Waals surface area contributed by atoms with Gasteiger partial charge in [0.15, 0.2) is 0 Å². The van der Waals surface area contributed by atoms with Gasteiger partial charge in [-0.1, -0.05) is 13.0 Å². The monoisotopic (exact) mass is 432 g/mol. The molecule has 1 atom stereocenters. The van der Waals surface area contributed by atoms with Gasteiger partial charge in [-0.25, -0.2) is 0 Å². The molecular formula is C22H27ClN3O4-. The van der Waals surface area contributed by atoms with E-state index in [1.807, 2.05) is 13.0 Å². The van der Waals surface area contributed by atoms with Gasteiger partial charge in [0, 0.05) is 16.8 Å². The van der Waals surface area contributed by atoms with E-state index in [9.17, 15) is 15.0 Å². The molecule has 0 aliphatic heterocycles. The van der Waals surface area contributed by atoms with Crippen LogP contribution >= 0.6 is 12.4 Å². The van der Waals surface area contributed by atoms with E-state index in [1.54, 1.807) is 24.3 Å². The number of nitrogen functional groups attached to an aromatic ring is 1. The van der Waals surface area contributed by atoms with Gasteiger partial charge in [0.2, 0.25) is 0 Å². The summed E-state index contributed by atoms with van der Waals surface area (Å²) in [7, 11) is 0. The molecule has 0 saturated heterocycles. The van der Waals surface area contributed by atoms with Crippen LogP contribution in [-0.2, 0) is 11.2 Å². The summed E-state index contributed by atoms with van der Waals surface area (Å²) < 4.78 is 5.76. The Bertz CT molecular complexity index is 898. The number of aliphatic hydroxyl groups is 1. The largest absolute Gasteiger partial charge is 0.548 e. The predicted molar refractivity (Wildman–Crippen MR) is 116 cm³/mol. The maximum absolute atomic E-state index is 12.1. The fourth-order valence-electron chi connectivity index (χ4n) is 3.37. The zero-order valence-electron chi connectivity index (χ0n) is 16.8. The minimum absolute atomic E-state index is 0. The van der Waals surface area contributed by atoms with Gasteiger partial charge < -0.3 is 30.8 Å². The number of rotatable bonds is 10. The van der Waals surface area contributed by atoms with Crippen LogP contribution in [0.5, 0.6) is 5.75 Å². The Morgan fingerprint density at radius 2 is 2.00 bits per heavy atom. The number of aliphatic hydroxyl groups excluding tert-OH is 1. The molecule has 2 aromatic carbocycles. The minimum Gasteiger partial charge on any atom is -0.548 e. The number of halogens is 1. The van der Waals surface area contributed by atoms with Crippen LogP contribution in [0.2, 0.25) is 0 Å². The molecule has 2 aromatic rings. The molecule has 1 fully saturated rings. The Balaban J connectivity index is 0.00000320. The van der Waals surface area contributed by atoms with Crippen molar-refractivity contribution in [2.45, 2.75) is 38.1 Å². The second-order valence-electron chi connectivity index (χ2n) is 7.19. The van der Waals surface area contributed by atoms with E-state index in [1.165, 1.54) is 0 Å². The number of aryl methyl sites for hydroxylation is 1. The van der Waals surface area contributed by atoms with Crippen molar-refractivity contribution in [3.8, 4) is 5.75 Å². The molecule has 0 heterocycles. The van der Waals surface area contributed by atoms with Gasteiger partial charge >= 0.3 is 0 Å². The molecule has 8 heteroatoms. The summed E-state index contributed by atoms with van der Waals surface area (Å²) in [6.45, 7) is 1.91. The number of carbonyl (C=O) groups excluding carboxylic acids is 1. The Hall–Kier alpha value is -2.77. The molecule has 1 aliphatic rings. The SMILES string of the molecule is CCc1cc(C2CC2)cc(C(Nc2ccc(C(=N)N)cc2)C(=O)[O-])c1OCCO.Cl. The molecule has 5 N–H and O–H groups in total. The number of amidine groups is 1. The zero-order chi connectivity index (χ0) is 21.0. The van der Waals surface area contributed by atoms with Gasteiger partial charge in [0.25, 0.3) is 0 Å². The van der Waals surface area contributed by atoms with Gasteiger partial charge in [-0.15, -0.1) is 12.4 Å². The molecule has 0 spiro atoms. The van der Waals surface area contributed by atoms with Crippen molar-refractivity contribution in [3.63, 3.8) is 0 Å². The van der Waals surface area contributed by atoms with Crippen molar-refractivity contribution in [2.75, 3.05) is 18.5 Å². The van der Waals surface area contributed by atoms with Crippen molar-refractivity contribution >= 4 is 29.9 Å². The first-order valence-corrected chi connectivity index (χ1v) is 9.76. The van der Waals surface area contributed by atoms with E-state index in [0.29, 0.717) is 34.9 Å². The first-order chi connectivity index (χ1) is 13.9. The second kappa shape index (κ2) is 10.3. The number of ether oxygens (including phenoxy) is 1. The zero-order valence-corrected chi connectivity index (χ0v) is 17.6. The number of benzene rings is 2. The predicted octanol–water partition coefficient (Wildman–Crippen LogP) is 2.11. The van der Waals surface area contributed by atoms with Crippen molar-refractivity contribution in [1.29, 1.82) is 5.41 Å². The Morgan fingerprint density at radius 3 is 2.50 bits per heavy atom. The second-order valence-corrected chi connectivity index (χ2v) is 7.19. The smallest absolute Gasteiger partial charge is 0.128 e. The van der Waals surface area contributed by atoms with Gasteiger partial charge in [0.05, 0.1) is 18.6 Å². The quantitative estimate of drug-likeness (QED) is 0.336. The molecule has 0 aromatic heterocycles. The van der Waals surface area contributed by atoms with E-state index in [0.717, 1.165) is 24.0 Å². The highest BCUT2D eigenvalue weighted by Crippen LogP contribution is 2.44. The van der Waals surface area contributed by atoms with Crippen LogP contribution in [0.25, 0.3) is 0 Å². The summed E-state index contributed by atoms with van der Waals surface area (Å²) in [5.41, 5.74) is 9.11. The fourth-order valence-corrected chi connectivity index (χ4v) is 3.37. The molecule has 1 unspecified atom stereocenters. The van der Waals surface area contributed by atoms with Crippen molar-refractivity contribution < 1.29 is 19.7 Å². The lowest BCUT2D eigenvalue weighted by Gasteiger charge is -2.26. The number of hydrogen-bond acceptors (Lipinski definition) is 6. The molecule has 162 valence electrons. The van der Waals surface area contributed by atoms with E-state index in [4.69, 9.17) is 15.9 Å². The number of anilines is 1. The third-order valence-electron chi connectivity index (χ3n) is 5.04. The highest BCUT2D eigenvalue weighted by atomic mass is 35.5. The Morgan fingerprint density at radius 1 is 1.33 bits per heavy atom. The number of nitrogens with two attached hydrogens (primary N) is 1. The standard InChI is InChI=1S/C22H27N3O4.ClH/c1-2-13-11-16(14-3-4-14)12-18(20(13)29-10-9-26)19(22(27)28)25-17-7-5-15(6-8-17)21(23)24;/h5-8,11-12,14,19,25-26H,2-4,9-10H2,1H3,(H3,23,24)(H,27,28);1H/p-1. The van der Waals surface area contributed by atoms with E-state index < -0.39 is 12.0 Å². The third-order valence-corrected chi connectivity index (χ3v) is 5.04. The summed E-state index contributed by atoms with van der Waals surface area (Å²) in [5.74, 6) is -0.405. The first-order valence-electron chi connectivity index (χ1n) is 9.76. The summed E-state index contributed by atoms with van der Waals surface area (Å²) in [5, 5.41) is 31.7. The Kier molecular flexibility index (Phi) is 8.08. The Labute approximate surface area is 182 Å². The number of carbonyl (C=O) groups is 1. The average Bonchev–Trinajstić information content (AvgIpc) is 3.55. The normalized spacial score (nSPS) is 13.8. The first kappa shape index (κ1) is 23.5. The fraction of sp³-hybridized carbons (Fsp3) is 0.364. The molecule has 1 saturated carbocycles. The number of hydrogen-bond donors (Lipinski definition) is 4. The van der Waals surface area contributed by atoms with Gasteiger partial charge in [-0.2, -0.15) is 0 Å². The average molecular weight is 433 g/mol. The lowest BCUT2D eigenvalue weighted by molar-refractivity contribution is -0.307. The highest BCUT2D eigenvalue weighted by molar-refractivity contribution is 5.95. The van der Waals surface area contributed by atoms with E-state index in [-0.39, 0.29) is 31.5 Å². The van der Waals surface area contributed by atoms with Gasteiger partial charge in [-0.05, 0) is 66.6 Å². The van der Waals surface area contributed by atoms with Crippen LogP contribution in [-0.4, -0.2) is 30.1 Å². The molecule has 1 aliphatic carbocycles. The van der Waals surface area contributed by atoms with E-state index in [2.05, 4.69) is 11.4 Å². The summed E-state index contributed by atoms with van der Waals surface area (Å²) in [6, 6.07) is 9.47. The summed E-state index contributed by atoms with van der Waals surface area (Å²) in [6.07, 6.45) is 2.87. The topological polar surface area (TPSA) is 131 Å². The maximum atomic E-state index is 12.1. The summed E-state index contributed by atoms with van der Waals surface area (Å²) in [4.78, 5) is 12.1. The minimum atomic E-state index is -1.27. The van der Waals surface area contributed by atoms with Gasteiger partial charge in [-0.3, -0.25) is 5.41 Å². The molecule has 0 amide bonds. The lowest BCUT2D eigenvalue weighted by Crippen LogP contribution is -2.35. The van der Waals surface area contributed by atoms with Crippen molar-refractivity contribution in [2.24, 2.45) is 5.73 Å². The van der Waals surface area contributed by atoms with Gasteiger partial charge in [0.1, 0.15) is 18.2 Å². The molecule has 30 heavy (non-hydrogen) atoms. The van der Waals surface area contributed by atoms with E-state index >= 15 is 0 Å².